The third-order valence-corrected chi connectivity index (χ3v) is 2.68. The van der Waals surface area contributed by atoms with Crippen molar-refractivity contribution in [1.29, 1.82) is 0 Å². The van der Waals surface area contributed by atoms with E-state index in [2.05, 4.69) is 15.6 Å². The Labute approximate surface area is 90.0 Å². The Morgan fingerprint density at radius 3 is 3.13 bits per heavy atom. The van der Waals surface area contributed by atoms with Gasteiger partial charge in [0.1, 0.15) is 0 Å². The van der Waals surface area contributed by atoms with Gasteiger partial charge in [-0.2, -0.15) is 0 Å². The Bertz CT molecular complexity index is 292. The van der Waals surface area contributed by atoms with Crippen LogP contribution in [0, 0.1) is 5.92 Å². The lowest BCUT2D eigenvalue weighted by atomic mass is 10.3. The number of nitrogens with zero attached hydrogens (tertiary/aromatic N) is 3. The highest BCUT2D eigenvalue weighted by atomic mass is 15.4. The van der Waals surface area contributed by atoms with Gasteiger partial charge in [-0.1, -0.05) is 18.1 Å². The number of nitrogens with two attached hydrogens (primary N) is 1. The SMILES string of the molecule is NCCn1cc(CNCCC2CC2)nn1. The van der Waals surface area contributed by atoms with Gasteiger partial charge in [0.25, 0.3) is 0 Å². The molecule has 5 nitrogen and oxygen atoms in total. The van der Waals surface area contributed by atoms with E-state index in [1.807, 2.05) is 6.20 Å². The summed E-state index contributed by atoms with van der Waals surface area (Å²) in [5.41, 5.74) is 6.43. The average Bonchev–Trinajstić information content (AvgIpc) is 2.95. The molecule has 0 amide bonds. The lowest BCUT2D eigenvalue weighted by Gasteiger charge is -2.00. The second kappa shape index (κ2) is 5.23. The fourth-order valence-corrected chi connectivity index (χ4v) is 1.59. The van der Waals surface area contributed by atoms with Gasteiger partial charge in [0, 0.05) is 19.3 Å². The summed E-state index contributed by atoms with van der Waals surface area (Å²) >= 11 is 0. The van der Waals surface area contributed by atoms with Crippen molar-refractivity contribution in [2.24, 2.45) is 11.7 Å². The topological polar surface area (TPSA) is 68.8 Å². The van der Waals surface area contributed by atoms with Crippen LogP contribution in [0.3, 0.4) is 0 Å². The Morgan fingerprint density at radius 1 is 1.53 bits per heavy atom. The van der Waals surface area contributed by atoms with Crippen LogP contribution in [0.25, 0.3) is 0 Å². The molecule has 1 fully saturated rings. The first-order valence-corrected chi connectivity index (χ1v) is 5.68. The largest absolute Gasteiger partial charge is 0.329 e. The lowest BCUT2D eigenvalue weighted by Crippen LogP contribution is -2.15. The third-order valence-electron chi connectivity index (χ3n) is 2.68. The van der Waals surface area contributed by atoms with Gasteiger partial charge in [0.05, 0.1) is 12.2 Å². The highest BCUT2D eigenvalue weighted by molar-refractivity contribution is 4.91. The van der Waals surface area contributed by atoms with Gasteiger partial charge in [-0.25, -0.2) is 0 Å². The quantitative estimate of drug-likeness (QED) is 0.626. The minimum Gasteiger partial charge on any atom is -0.329 e. The first kappa shape index (κ1) is 10.6. The second-order valence-electron chi connectivity index (χ2n) is 4.17. The van der Waals surface area contributed by atoms with Gasteiger partial charge in [-0.15, -0.1) is 5.10 Å². The number of aromatic nitrogens is 3. The predicted molar refractivity (Wildman–Crippen MR) is 58.1 cm³/mol. The predicted octanol–water partition coefficient (Wildman–Crippen LogP) is 0.126. The van der Waals surface area contributed by atoms with Crippen molar-refractivity contribution < 1.29 is 0 Å². The monoisotopic (exact) mass is 209 g/mol. The molecule has 0 bridgehead atoms. The molecule has 0 unspecified atom stereocenters. The molecule has 1 aromatic rings. The fourth-order valence-electron chi connectivity index (χ4n) is 1.59. The first-order chi connectivity index (χ1) is 7.38. The van der Waals surface area contributed by atoms with Gasteiger partial charge in [-0.3, -0.25) is 4.68 Å². The number of hydrogen-bond acceptors (Lipinski definition) is 4. The van der Waals surface area contributed by atoms with E-state index in [9.17, 15) is 0 Å². The molecule has 1 aliphatic carbocycles. The molecular formula is C10H19N5. The molecule has 1 aromatic heterocycles. The van der Waals surface area contributed by atoms with Crippen LogP contribution in [0.5, 0.6) is 0 Å². The van der Waals surface area contributed by atoms with Crippen LogP contribution in [0.4, 0.5) is 0 Å². The second-order valence-corrected chi connectivity index (χ2v) is 4.17. The van der Waals surface area contributed by atoms with Gasteiger partial charge >= 0.3 is 0 Å². The Morgan fingerprint density at radius 2 is 2.40 bits per heavy atom. The van der Waals surface area contributed by atoms with E-state index in [0.29, 0.717) is 6.54 Å². The van der Waals surface area contributed by atoms with Crippen molar-refractivity contribution >= 4 is 0 Å². The molecular weight excluding hydrogens is 190 g/mol. The van der Waals surface area contributed by atoms with Crippen molar-refractivity contribution in [1.82, 2.24) is 20.3 Å². The zero-order valence-corrected chi connectivity index (χ0v) is 9.02. The van der Waals surface area contributed by atoms with Crippen molar-refractivity contribution in [3.05, 3.63) is 11.9 Å². The molecule has 0 saturated heterocycles. The Balaban J connectivity index is 1.63. The molecule has 3 N–H and O–H groups in total. The maximum Gasteiger partial charge on any atom is 0.0964 e. The summed E-state index contributed by atoms with van der Waals surface area (Å²) in [7, 11) is 0. The molecule has 84 valence electrons. The van der Waals surface area contributed by atoms with Gasteiger partial charge < -0.3 is 11.1 Å². The van der Waals surface area contributed by atoms with E-state index < -0.39 is 0 Å². The van der Waals surface area contributed by atoms with Crippen molar-refractivity contribution in [3.8, 4) is 0 Å². The molecule has 15 heavy (non-hydrogen) atoms. The van der Waals surface area contributed by atoms with Crippen molar-refractivity contribution in [2.75, 3.05) is 13.1 Å². The third kappa shape index (κ3) is 3.60. The van der Waals surface area contributed by atoms with E-state index >= 15 is 0 Å². The normalized spacial score (nSPS) is 15.8. The molecule has 0 aromatic carbocycles. The van der Waals surface area contributed by atoms with Crippen molar-refractivity contribution in [3.63, 3.8) is 0 Å². The van der Waals surface area contributed by atoms with Crippen LogP contribution in [0.1, 0.15) is 25.0 Å². The molecule has 1 aliphatic rings. The number of rotatable bonds is 7. The zero-order chi connectivity index (χ0) is 10.5. The standard InChI is InChI=1S/C10H19N5/c11-4-6-15-8-10(13-14-15)7-12-5-3-9-1-2-9/h8-9,12H,1-7,11H2. The summed E-state index contributed by atoms with van der Waals surface area (Å²) in [6.07, 6.45) is 6.11. The maximum atomic E-state index is 5.43. The molecule has 5 heteroatoms. The van der Waals surface area contributed by atoms with E-state index in [1.54, 1.807) is 4.68 Å². The number of nitrogens with one attached hydrogen (secondary N) is 1. The van der Waals surface area contributed by atoms with Gasteiger partial charge in [-0.05, 0) is 18.9 Å². The summed E-state index contributed by atoms with van der Waals surface area (Å²) in [6.45, 7) is 3.26. The molecule has 0 spiro atoms. The average molecular weight is 209 g/mol. The Kier molecular flexibility index (Phi) is 3.69. The highest BCUT2D eigenvalue weighted by Gasteiger charge is 2.19. The van der Waals surface area contributed by atoms with Crippen LogP contribution >= 0.6 is 0 Å². The summed E-state index contributed by atoms with van der Waals surface area (Å²) in [6, 6.07) is 0. The smallest absolute Gasteiger partial charge is 0.0964 e. The van der Waals surface area contributed by atoms with Crippen LogP contribution in [0.2, 0.25) is 0 Å². The Hall–Kier alpha value is -0.940. The summed E-state index contributed by atoms with van der Waals surface area (Å²) < 4.78 is 1.79. The lowest BCUT2D eigenvalue weighted by molar-refractivity contribution is 0.596. The van der Waals surface area contributed by atoms with Gasteiger partial charge in [0.15, 0.2) is 0 Å². The molecule has 1 heterocycles. The molecule has 0 radical (unpaired) electrons. The fraction of sp³-hybridized carbons (Fsp3) is 0.800. The van der Waals surface area contributed by atoms with Crippen molar-refractivity contribution in [2.45, 2.75) is 32.4 Å². The van der Waals surface area contributed by atoms with Crippen LogP contribution in [0.15, 0.2) is 6.20 Å². The van der Waals surface area contributed by atoms with E-state index in [0.717, 1.165) is 31.2 Å². The van der Waals surface area contributed by atoms with Gasteiger partial charge in [0.2, 0.25) is 0 Å². The van der Waals surface area contributed by atoms with Crippen LogP contribution in [-0.4, -0.2) is 28.1 Å². The number of hydrogen-bond donors (Lipinski definition) is 2. The van der Waals surface area contributed by atoms with E-state index in [1.165, 1.54) is 19.3 Å². The zero-order valence-electron chi connectivity index (χ0n) is 9.02. The summed E-state index contributed by atoms with van der Waals surface area (Å²) in [4.78, 5) is 0. The van der Waals surface area contributed by atoms with Crippen LogP contribution in [-0.2, 0) is 13.1 Å². The van der Waals surface area contributed by atoms with E-state index in [-0.39, 0.29) is 0 Å². The highest BCUT2D eigenvalue weighted by Crippen LogP contribution is 2.31. The first-order valence-electron chi connectivity index (χ1n) is 5.68. The summed E-state index contributed by atoms with van der Waals surface area (Å²) in [5, 5.41) is 11.4. The van der Waals surface area contributed by atoms with E-state index in [4.69, 9.17) is 5.73 Å². The minimum absolute atomic E-state index is 0.609. The molecule has 0 atom stereocenters. The molecule has 2 rings (SSSR count). The minimum atomic E-state index is 0.609. The molecule has 0 aliphatic heterocycles. The molecule has 1 saturated carbocycles. The maximum absolute atomic E-state index is 5.43. The summed E-state index contributed by atoms with van der Waals surface area (Å²) in [5.74, 6) is 0.991. The van der Waals surface area contributed by atoms with Crippen LogP contribution < -0.4 is 11.1 Å².